The van der Waals surface area contributed by atoms with Gasteiger partial charge in [-0.15, -0.1) is 11.3 Å². The van der Waals surface area contributed by atoms with Gasteiger partial charge in [0.05, 0.1) is 15.5 Å². The Labute approximate surface area is 197 Å². The number of hydrogen-bond acceptors (Lipinski definition) is 7. The van der Waals surface area contributed by atoms with Gasteiger partial charge in [-0.1, -0.05) is 26.8 Å². The van der Waals surface area contributed by atoms with Gasteiger partial charge in [-0.25, -0.2) is 22.7 Å². The molecule has 0 saturated heterocycles. The van der Waals surface area contributed by atoms with E-state index in [4.69, 9.17) is 0 Å². The Morgan fingerprint density at radius 2 is 1.67 bits per heavy atom. The maximum absolute atomic E-state index is 12.8. The van der Waals surface area contributed by atoms with Crippen molar-refractivity contribution in [3.05, 3.63) is 51.8 Å². The minimum atomic E-state index is -3.69. The fraction of sp³-hybridized carbons (Fsp3) is 0.364. The number of carbonyl (C=O) groups is 2. The van der Waals surface area contributed by atoms with E-state index in [2.05, 4.69) is 20.8 Å². The number of hydrazine groups is 1. The lowest BCUT2D eigenvalue weighted by atomic mass is 9.95. The number of hydrogen-bond donors (Lipinski definition) is 2. The summed E-state index contributed by atoms with van der Waals surface area (Å²) < 4.78 is 25.7. The highest BCUT2D eigenvalue weighted by molar-refractivity contribution is 7.89. The molecule has 0 bridgehead atoms. The molecule has 0 atom stereocenters. The third-order valence-electron chi connectivity index (χ3n) is 5.01. The van der Waals surface area contributed by atoms with Gasteiger partial charge in [0.15, 0.2) is 0 Å². The molecule has 0 aliphatic carbocycles. The van der Waals surface area contributed by atoms with Gasteiger partial charge < -0.3 is 0 Å². The zero-order valence-corrected chi connectivity index (χ0v) is 21.2. The molecule has 9 nitrogen and oxygen atoms in total. The Balaban J connectivity index is 1.82. The summed E-state index contributed by atoms with van der Waals surface area (Å²) in [6.45, 7) is 9.78. The molecule has 0 unspecified atom stereocenters. The Kier molecular flexibility index (Phi) is 6.60. The third-order valence-corrected chi connectivity index (χ3v) is 8.01. The molecule has 3 rings (SSSR count). The number of nitrogens with zero attached hydrogens (tertiary/aromatic N) is 3. The first-order valence-electron chi connectivity index (χ1n) is 10.1. The average Bonchev–Trinajstić information content (AvgIpc) is 3.08. The maximum Gasteiger partial charge on any atom is 0.280 e. The zero-order valence-electron chi connectivity index (χ0n) is 19.6. The Hall–Kier alpha value is -2.89. The highest BCUT2D eigenvalue weighted by atomic mass is 32.2. The van der Waals surface area contributed by atoms with Crippen LogP contribution in [-0.2, 0) is 15.4 Å². The van der Waals surface area contributed by atoms with Gasteiger partial charge in [-0.05, 0) is 37.6 Å². The molecule has 1 aromatic carbocycles. The maximum atomic E-state index is 12.8. The fourth-order valence-corrected chi connectivity index (χ4v) is 5.22. The van der Waals surface area contributed by atoms with Crippen LogP contribution in [0.25, 0.3) is 10.2 Å². The van der Waals surface area contributed by atoms with Crippen molar-refractivity contribution in [2.75, 3.05) is 14.1 Å². The lowest BCUT2D eigenvalue weighted by Gasteiger charge is -2.16. The summed E-state index contributed by atoms with van der Waals surface area (Å²) >= 11 is 1.23. The van der Waals surface area contributed by atoms with Crippen molar-refractivity contribution in [3.63, 3.8) is 0 Å². The number of aromatic nitrogens is 2. The molecule has 0 spiro atoms. The second kappa shape index (κ2) is 8.81. The number of benzene rings is 1. The SMILES string of the molecule is Cc1nc(C(C)(C)C)nc2sc(C(=O)NNC(=O)c3cccc(S(=O)(=O)N(C)C)c3)c(C)c12. The molecule has 33 heavy (non-hydrogen) atoms. The molecule has 2 aromatic heterocycles. The van der Waals surface area contributed by atoms with Crippen LogP contribution in [0.4, 0.5) is 0 Å². The average molecular weight is 490 g/mol. The van der Waals surface area contributed by atoms with E-state index in [0.29, 0.717) is 15.5 Å². The van der Waals surface area contributed by atoms with Gasteiger partial charge in [0.1, 0.15) is 10.7 Å². The van der Waals surface area contributed by atoms with Crippen molar-refractivity contribution in [1.82, 2.24) is 25.1 Å². The predicted molar refractivity (Wildman–Crippen MR) is 128 cm³/mol. The number of thiophene rings is 1. The van der Waals surface area contributed by atoms with Crippen molar-refractivity contribution >= 4 is 43.4 Å². The van der Waals surface area contributed by atoms with Gasteiger partial charge in [-0.3, -0.25) is 20.4 Å². The van der Waals surface area contributed by atoms with Crippen LogP contribution in [0.5, 0.6) is 0 Å². The minimum absolute atomic E-state index is 0.0180. The van der Waals surface area contributed by atoms with E-state index in [1.807, 2.05) is 34.6 Å². The number of rotatable bonds is 4. The molecule has 11 heteroatoms. The molecule has 0 radical (unpaired) electrons. The van der Waals surface area contributed by atoms with Crippen LogP contribution in [0.2, 0.25) is 0 Å². The first kappa shape index (κ1) is 24.7. The van der Waals surface area contributed by atoms with Gasteiger partial charge in [0.25, 0.3) is 11.8 Å². The topological polar surface area (TPSA) is 121 Å². The number of amides is 2. The number of fused-ring (bicyclic) bond motifs is 1. The molecule has 2 N–H and O–H groups in total. The highest BCUT2D eigenvalue weighted by Crippen LogP contribution is 2.33. The van der Waals surface area contributed by atoms with Crippen molar-refractivity contribution in [1.29, 1.82) is 0 Å². The standard InChI is InChI=1S/C22H27N5O4S2/c1-12-16-13(2)23-21(22(3,4)5)24-20(16)32-17(12)19(29)26-25-18(28)14-9-8-10-15(11-14)33(30,31)27(6)7/h8-11H,1-7H3,(H,25,28)(H,26,29). The molecule has 2 heterocycles. The summed E-state index contributed by atoms with van der Waals surface area (Å²) in [5.74, 6) is -0.428. The van der Waals surface area contributed by atoms with E-state index in [9.17, 15) is 18.0 Å². The highest BCUT2D eigenvalue weighted by Gasteiger charge is 2.24. The van der Waals surface area contributed by atoms with E-state index in [1.165, 1.54) is 49.7 Å². The summed E-state index contributed by atoms with van der Waals surface area (Å²) in [6.07, 6.45) is 0. The van der Waals surface area contributed by atoms with Crippen LogP contribution >= 0.6 is 11.3 Å². The van der Waals surface area contributed by atoms with Crippen LogP contribution in [0, 0.1) is 13.8 Å². The number of nitrogens with one attached hydrogen (secondary N) is 2. The zero-order chi connectivity index (χ0) is 24.7. The quantitative estimate of drug-likeness (QED) is 0.544. The van der Waals surface area contributed by atoms with Gasteiger partial charge in [0.2, 0.25) is 10.0 Å². The Bertz CT molecular complexity index is 1360. The molecular formula is C22H27N5O4S2. The molecule has 0 fully saturated rings. The largest absolute Gasteiger partial charge is 0.280 e. The van der Waals surface area contributed by atoms with Crippen LogP contribution in [-0.4, -0.2) is 48.6 Å². The molecule has 0 aliphatic heterocycles. The molecule has 176 valence electrons. The van der Waals surface area contributed by atoms with Crippen LogP contribution in [0.15, 0.2) is 29.2 Å². The van der Waals surface area contributed by atoms with E-state index < -0.39 is 21.8 Å². The molecule has 0 saturated carbocycles. The van der Waals surface area contributed by atoms with Crippen LogP contribution in [0.1, 0.15) is 57.9 Å². The predicted octanol–water partition coefficient (Wildman–Crippen LogP) is 2.93. The lowest BCUT2D eigenvalue weighted by Crippen LogP contribution is -2.41. The smallest absolute Gasteiger partial charge is 0.267 e. The van der Waals surface area contributed by atoms with Gasteiger partial charge >= 0.3 is 0 Å². The summed E-state index contributed by atoms with van der Waals surface area (Å²) in [5.41, 5.74) is 6.15. The molecule has 2 amide bonds. The first-order valence-corrected chi connectivity index (χ1v) is 12.4. The van der Waals surface area contributed by atoms with Crippen molar-refractivity contribution in [2.24, 2.45) is 0 Å². The summed E-state index contributed by atoms with van der Waals surface area (Å²) in [7, 11) is -0.873. The molecule has 0 aliphatic rings. The third kappa shape index (κ3) is 4.90. The second-order valence-electron chi connectivity index (χ2n) is 8.84. The minimum Gasteiger partial charge on any atom is -0.267 e. The first-order chi connectivity index (χ1) is 15.2. The van der Waals surface area contributed by atoms with Gasteiger partial charge in [0, 0.05) is 30.5 Å². The summed E-state index contributed by atoms with van der Waals surface area (Å²) in [5, 5.41) is 0.825. The fourth-order valence-electron chi connectivity index (χ4n) is 3.14. The van der Waals surface area contributed by atoms with Gasteiger partial charge in [-0.2, -0.15) is 0 Å². The second-order valence-corrected chi connectivity index (χ2v) is 12.0. The Morgan fingerprint density at radius 3 is 2.27 bits per heavy atom. The number of aryl methyl sites for hydroxylation is 2. The van der Waals surface area contributed by atoms with Crippen molar-refractivity contribution < 1.29 is 18.0 Å². The Morgan fingerprint density at radius 1 is 1.03 bits per heavy atom. The molecule has 3 aromatic rings. The van der Waals surface area contributed by atoms with Crippen molar-refractivity contribution in [2.45, 2.75) is 44.9 Å². The van der Waals surface area contributed by atoms with Crippen molar-refractivity contribution in [3.8, 4) is 0 Å². The van der Waals surface area contributed by atoms with Crippen LogP contribution < -0.4 is 10.9 Å². The molecular weight excluding hydrogens is 462 g/mol. The summed E-state index contributed by atoms with van der Waals surface area (Å²) in [6, 6.07) is 5.60. The summed E-state index contributed by atoms with van der Waals surface area (Å²) in [4.78, 5) is 35.7. The number of sulfonamides is 1. The van der Waals surface area contributed by atoms with E-state index in [-0.39, 0.29) is 15.9 Å². The lowest BCUT2D eigenvalue weighted by molar-refractivity contribution is 0.0848. The monoisotopic (exact) mass is 489 g/mol. The van der Waals surface area contributed by atoms with E-state index >= 15 is 0 Å². The van der Waals surface area contributed by atoms with E-state index in [0.717, 1.165) is 20.9 Å². The normalized spacial score (nSPS) is 12.2. The number of carbonyl (C=O) groups excluding carboxylic acids is 2. The van der Waals surface area contributed by atoms with Crippen LogP contribution in [0.3, 0.4) is 0 Å². The van der Waals surface area contributed by atoms with E-state index in [1.54, 1.807) is 0 Å².